The molecule has 0 unspecified atom stereocenters. The molecule has 26 heavy (non-hydrogen) atoms. The molecule has 1 saturated carbocycles. The summed E-state index contributed by atoms with van der Waals surface area (Å²) in [6.45, 7) is 6.65. The second kappa shape index (κ2) is 7.02. The normalized spacial score (nSPS) is 27.7. The largest absolute Gasteiger partial charge is 0.354 e. The Labute approximate surface area is 158 Å². The highest BCUT2D eigenvalue weighted by molar-refractivity contribution is 7.09. The van der Waals surface area contributed by atoms with Crippen molar-refractivity contribution in [1.82, 2.24) is 15.5 Å². The molecule has 142 valence electrons. The van der Waals surface area contributed by atoms with E-state index in [1.54, 1.807) is 11.3 Å². The third-order valence-electron chi connectivity index (χ3n) is 5.20. The summed E-state index contributed by atoms with van der Waals surface area (Å²) in [7, 11) is 0. The van der Waals surface area contributed by atoms with Gasteiger partial charge in [0.05, 0.1) is 0 Å². The summed E-state index contributed by atoms with van der Waals surface area (Å²) < 4.78 is 0. The van der Waals surface area contributed by atoms with Crippen molar-refractivity contribution in [3.05, 3.63) is 22.4 Å². The molecule has 4 amide bonds. The van der Waals surface area contributed by atoms with Crippen LogP contribution < -0.4 is 10.6 Å². The van der Waals surface area contributed by atoms with Gasteiger partial charge in [0.15, 0.2) is 0 Å². The lowest BCUT2D eigenvalue weighted by Gasteiger charge is -2.43. The summed E-state index contributed by atoms with van der Waals surface area (Å²) in [5.74, 6) is -0.205. The van der Waals surface area contributed by atoms with Crippen LogP contribution in [0.5, 0.6) is 0 Å². The van der Waals surface area contributed by atoms with Gasteiger partial charge in [0, 0.05) is 11.4 Å². The first-order valence-electron chi connectivity index (χ1n) is 9.14. The fraction of sp³-hybridized carbons (Fsp3) is 0.632. The standard InChI is InChI=1S/C19H27N3O3S/c1-13-9-18(2,3)12-19(10-13)16(24)22(17(25)21-19)11-15(23)20-7-6-14-5-4-8-26-14/h4-5,8,13H,6-7,9-12H2,1-3H3,(H,20,23)(H,21,25)/t13-,19-/m1/s1. The molecule has 0 aromatic carbocycles. The maximum atomic E-state index is 13.0. The van der Waals surface area contributed by atoms with E-state index in [4.69, 9.17) is 0 Å². The first-order chi connectivity index (χ1) is 12.2. The van der Waals surface area contributed by atoms with E-state index in [2.05, 4.69) is 31.4 Å². The van der Waals surface area contributed by atoms with E-state index in [0.29, 0.717) is 25.3 Å². The van der Waals surface area contributed by atoms with Gasteiger partial charge in [-0.15, -0.1) is 11.3 Å². The summed E-state index contributed by atoms with van der Waals surface area (Å²) in [5, 5.41) is 7.69. The van der Waals surface area contributed by atoms with E-state index >= 15 is 0 Å². The third-order valence-corrected chi connectivity index (χ3v) is 6.14. The van der Waals surface area contributed by atoms with Crippen LogP contribution in [0.15, 0.2) is 17.5 Å². The summed E-state index contributed by atoms with van der Waals surface area (Å²) in [6, 6.07) is 3.54. The number of imide groups is 1. The summed E-state index contributed by atoms with van der Waals surface area (Å²) in [4.78, 5) is 39.8. The highest BCUT2D eigenvalue weighted by atomic mass is 32.1. The third kappa shape index (κ3) is 3.92. The molecular formula is C19H27N3O3S. The summed E-state index contributed by atoms with van der Waals surface area (Å²) >= 11 is 1.64. The maximum Gasteiger partial charge on any atom is 0.325 e. The lowest BCUT2D eigenvalue weighted by atomic mass is 9.64. The van der Waals surface area contributed by atoms with Gasteiger partial charge in [0.25, 0.3) is 5.91 Å². The van der Waals surface area contributed by atoms with Gasteiger partial charge in [-0.2, -0.15) is 0 Å². The van der Waals surface area contributed by atoms with E-state index in [9.17, 15) is 14.4 Å². The van der Waals surface area contributed by atoms with Crippen LogP contribution >= 0.6 is 11.3 Å². The van der Waals surface area contributed by atoms with Gasteiger partial charge in [0.2, 0.25) is 5.91 Å². The highest BCUT2D eigenvalue weighted by Gasteiger charge is 2.56. The number of hydrogen-bond donors (Lipinski definition) is 2. The summed E-state index contributed by atoms with van der Waals surface area (Å²) in [6.07, 6.45) is 3.03. The number of amides is 4. The Balaban J connectivity index is 1.59. The molecule has 1 aromatic rings. The molecule has 2 heterocycles. The molecule has 2 aliphatic rings. The van der Waals surface area contributed by atoms with E-state index in [-0.39, 0.29) is 23.8 Å². The Morgan fingerprint density at radius 2 is 2.15 bits per heavy atom. The first-order valence-corrected chi connectivity index (χ1v) is 10.0. The number of thiophene rings is 1. The minimum absolute atomic E-state index is 0.0143. The van der Waals surface area contributed by atoms with Crippen LogP contribution in [0, 0.1) is 11.3 Å². The average Bonchev–Trinajstić information content (AvgIpc) is 3.09. The Morgan fingerprint density at radius 3 is 2.81 bits per heavy atom. The fourth-order valence-corrected chi connectivity index (χ4v) is 5.34. The Kier molecular flexibility index (Phi) is 5.10. The number of urea groups is 1. The molecule has 1 aliphatic heterocycles. The lowest BCUT2D eigenvalue weighted by molar-refractivity contribution is -0.137. The van der Waals surface area contributed by atoms with Crippen molar-refractivity contribution >= 4 is 29.2 Å². The second-order valence-corrected chi connectivity index (χ2v) is 9.47. The topological polar surface area (TPSA) is 78.5 Å². The number of carbonyl (C=O) groups excluding carboxylic acids is 3. The predicted octanol–water partition coefficient (Wildman–Crippen LogP) is 2.54. The van der Waals surface area contributed by atoms with Gasteiger partial charge in [-0.1, -0.05) is 26.8 Å². The van der Waals surface area contributed by atoms with E-state index in [1.807, 2.05) is 17.5 Å². The van der Waals surface area contributed by atoms with Gasteiger partial charge in [-0.25, -0.2) is 4.79 Å². The van der Waals surface area contributed by atoms with Gasteiger partial charge in [0.1, 0.15) is 12.1 Å². The van der Waals surface area contributed by atoms with Crippen LogP contribution in [0.4, 0.5) is 4.79 Å². The van der Waals surface area contributed by atoms with Gasteiger partial charge in [-0.05, 0) is 48.5 Å². The van der Waals surface area contributed by atoms with Gasteiger partial charge < -0.3 is 10.6 Å². The number of nitrogens with zero attached hydrogens (tertiary/aromatic N) is 1. The van der Waals surface area contributed by atoms with Crippen LogP contribution in [0.25, 0.3) is 0 Å². The molecule has 0 radical (unpaired) electrons. The van der Waals surface area contributed by atoms with Crippen LogP contribution in [0.2, 0.25) is 0 Å². The lowest BCUT2D eigenvalue weighted by Crippen LogP contribution is -2.54. The van der Waals surface area contributed by atoms with Crippen molar-refractivity contribution < 1.29 is 14.4 Å². The van der Waals surface area contributed by atoms with Gasteiger partial charge >= 0.3 is 6.03 Å². The average molecular weight is 378 g/mol. The van der Waals surface area contributed by atoms with Crippen molar-refractivity contribution in [3.8, 4) is 0 Å². The van der Waals surface area contributed by atoms with Crippen LogP contribution in [0.3, 0.4) is 0 Å². The first kappa shape index (κ1) is 18.9. The molecule has 7 heteroatoms. The van der Waals surface area contributed by atoms with E-state index in [1.165, 1.54) is 4.88 Å². The maximum absolute atomic E-state index is 13.0. The number of nitrogens with one attached hydrogen (secondary N) is 2. The zero-order valence-corrected chi connectivity index (χ0v) is 16.4. The smallest absolute Gasteiger partial charge is 0.325 e. The van der Waals surface area contributed by atoms with Crippen LogP contribution in [-0.4, -0.2) is 41.4 Å². The zero-order chi connectivity index (χ0) is 18.9. The molecule has 2 atom stereocenters. The Hall–Kier alpha value is -1.89. The van der Waals surface area contributed by atoms with Crippen molar-refractivity contribution in [2.24, 2.45) is 11.3 Å². The van der Waals surface area contributed by atoms with Crippen molar-refractivity contribution in [1.29, 1.82) is 0 Å². The Bertz CT molecular complexity index is 701. The summed E-state index contributed by atoms with van der Waals surface area (Å²) in [5.41, 5.74) is -0.866. The monoisotopic (exact) mass is 377 g/mol. The Morgan fingerprint density at radius 1 is 1.38 bits per heavy atom. The predicted molar refractivity (Wildman–Crippen MR) is 101 cm³/mol. The fourth-order valence-electron chi connectivity index (χ4n) is 4.63. The second-order valence-electron chi connectivity index (χ2n) is 8.44. The van der Waals surface area contributed by atoms with E-state index in [0.717, 1.165) is 17.7 Å². The molecule has 1 aromatic heterocycles. The quantitative estimate of drug-likeness (QED) is 0.774. The minimum Gasteiger partial charge on any atom is -0.354 e. The molecular weight excluding hydrogens is 350 g/mol. The molecule has 1 spiro atoms. The molecule has 2 N–H and O–H groups in total. The SMILES string of the molecule is C[C@@H]1CC(C)(C)C[C@@]2(C1)NC(=O)N(CC(=O)NCCc1cccs1)C2=O. The zero-order valence-electron chi connectivity index (χ0n) is 15.6. The minimum atomic E-state index is -0.852. The van der Waals surface area contributed by atoms with Gasteiger partial charge in [-0.3, -0.25) is 14.5 Å². The van der Waals surface area contributed by atoms with Crippen LogP contribution in [-0.2, 0) is 16.0 Å². The number of carbonyl (C=O) groups is 3. The van der Waals surface area contributed by atoms with Crippen molar-refractivity contribution in [2.45, 2.75) is 52.0 Å². The van der Waals surface area contributed by atoms with Crippen molar-refractivity contribution in [3.63, 3.8) is 0 Å². The molecule has 1 saturated heterocycles. The van der Waals surface area contributed by atoms with Crippen LogP contribution in [0.1, 0.15) is 44.9 Å². The molecule has 6 nitrogen and oxygen atoms in total. The number of hydrogen-bond acceptors (Lipinski definition) is 4. The highest BCUT2D eigenvalue weighted by Crippen LogP contribution is 2.46. The molecule has 1 aliphatic carbocycles. The molecule has 0 bridgehead atoms. The van der Waals surface area contributed by atoms with E-state index < -0.39 is 11.6 Å². The molecule has 3 rings (SSSR count). The van der Waals surface area contributed by atoms with Crippen molar-refractivity contribution in [2.75, 3.05) is 13.1 Å². The number of rotatable bonds is 5. The molecule has 2 fully saturated rings.